The monoisotopic (exact) mass is 291 g/mol. The van der Waals surface area contributed by atoms with Crippen LogP contribution >= 0.6 is 11.3 Å². The highest BCUT2D eigenvalue weighted by atomic mass is 32.1. The van der Waals surface area contributed by atoms with E-state index in [0.717, 1.165) is 17.7 Å². The van der Waals surface area contributed by atoms with Crippen molar-refractivity contribution in [2.45, 2.75) is 57.3 Å². The van der Waals surface area contributed by atoms with E-state index in [9.17, 15) is 13.2 Å². The van der Waals surface area contributed by atoms with Gasteiger partial charge in [-0.2, -0.15) is 13.2 Å². The Hall–Kier alpha value is -0.550. The SMILES string of the molecule is CCC(NC1CCCCC1C(F)(F)F)c1cccs1. The molecule has 1 saturated carbocycles. The van der Waals surface area contributed by atoms with E-state index in [2.05, 4.69) is 5.32 Å². The van der Waals surface area contributed by atoms with Crippen LogP contribution in [0.5, 0.6) is 0 Å². The van der Waals surface area contributed by atoms with Crippen molar-refractivity contribution in [3.8, 4) is 0 Å². The Morgan fingerprint density at radius 3 is 2.68 bits per heavy atom. The molecule has 1 aliphatic carbocycles. The number of rotatable bonds is 4. The van der Waals surface area contributed by atoms with Gasteiger partial charge in [-0.25, -0.2) is 0 Å². The van der Waals surface area contributed by atoms with Crippen LogP contribution in [0.4, 0.5) is 13.2 Å². The fourth-order valence-corrected chi connectivity index (χ4v) is 3.74. The van der Waals surface area contributed by atoms with Crippen molar-refractivity contribution in [1.82, 2.24) is 5.32 Å². The Morgan fingerprint density at radius 1 is 1.37 bits per heavy atom. The minimum Gasteiger partial charge on any atom is -0.306 e. The molecular weight excluding hydrogens is 271 g/mol. The molecule has 0 radical (unpaired) electrons. The van der Waals surface area contributed by atoms with Crippen LogP contribution in [0.25, 0.3) is 0 Å². The van der Waals surface area contributed by atoms with E-state index in [1.165, 1.54) is 0 Å². The van der Waals surface area contributed by atoms with Crippen LogP contribution in [-0.4, -0.2) is 12.2 Å². The minimum absolute atomic E-state index is 0.0490. The molecule has 3 atom stereocenters. The zero-order valence-electron chi connectivity index (χ0n) is 11.0. The summed E-state index contributed by atoms with van der Waals surface area (Å²) in [6.07, 6.45) is -0.773. The van der Waals surface area contributed by atoms with Gasteiger partial charge < -0.3 is 5.32 Å². The van der Waals surface area contributed by atoms with E-state index in [1.54, 1.807) is 11.3 Å². The standard InChI is InChI=1S/C14H20F3NS/c1-2-11(13-8-5-9-19-13)18-12-7-4-3-6-10(12)14(15,16)17/h5,8-12,18H,2-4,6-7H2,1H3. The number of hydrogen-bond acceptors (Lipinski definition) is 2. The van der Waals surface area contributed by atoms with Crippen molar-refractivity contribution in [1.29, 1.82) is 0 Å². The fraction of sp³-hybridized carbons (Fsp3) is 0.714. The molecule has 0 aliphatic heterocycles. The summed E-state index contributed by atoms with van der Waals surface area (Å²) < 4.78 is 39.2. The van der Waals surface area contributed by atoms with E-state index >= 15 is 0 Å². The van der Waals surface area contributed by atoms with Gasteiger partial charge in [0.2, 0.25) is 0 Å². The van der Waals surface area contributed by atoms with Crippen LogP contribution in [0, 0.1) is 5.92 Å². The maximum absolute atomic E-state index is 13.1. The van der Waals surface area contributed by atoms with Gasteiger partial charge in [0.1, 0.15) is 0 Å². The lowest BCUT2D eigenvalue weighted by Gasteiger charge is -2.36. The first-order chi connectivity index (χ1) is 9.02. The Bertz CT molecular complexity index is 375. The molecule has 0 aromatic carbocycles. The summed E-state index contributed by atoms with van der Waals surface area (Å²) in [5.74, 6) is -1.18. The third kappa shape index (κ3) is 3.72. The van der Waals surface area contributed by atoms with E-state index in [1.807, 2.05) is 24.4 Å². The molecule has 1 fully saturated rings. The lowest BCUT2D eigenvalue weighted by Crippen LogP contribution is -2.46. The summed E-state index contributed by atoms with van der Waals surface area (Å²) in [7, 11) is 0. The molecule has 1 aromatic rings. The number of hydrogen-bond donors (Lipinski definition) is 1. The number of nitrogens with one attached hydrogen (secondary N) is 1. The van der Waals surface area contributed by atoms with Gasteiger partial charge >= 0.3 is 6.18 Å². The first-order valence-corrected chi connectivity index (χ1v) is 7.76. The van der Waals surface area contributed by atoms with Crippen LogP contribution in [0.1, 0.15) is 49.9 Å². The van der Waals surface area contributed by atoms with Crippen molar-refractivity contribution in [3.63, 3.8) is 0 Å². The zero-order chi connectivity index (χ0) is 13.9. The molecule has 1 aliphatic rings. The highest BCUT2D eigenvalue weighted by molar-refractivity contribution is 7.10. The van der Waals surface area contributed by atoms with Crippen molar-refractivity contribution in [3.05, 3.63) is 22.4 Å². The van der Waals surface area contributed by atoms with Crippen LogP contribution in [0.2, 0.25) is 0 Å². The van der Waals surface area contributed by atoms with Crippen LogP contribution in [0.15, 0.2) is 17.5 Å². The molecule has 1 aromatic heterocycles. The van der Waals surface area contributed by atoms with Crippen LogP contribution in [-0.2, 0) is 0 Å². The Balaban J connectivity index is 2.06. The summed E-state index contributed by atoms with van der Waals surface area (Å²) in [6, 6.07) is 3.57. The maximum Gasteiger partial charge on any atom is 0.393 e. The molecule has 108 valence electrons. The second-order valence-corrected chi connectivity index (χ2v) is 6.16. The fourth-order valence-electron chi connectivity index (χ4n) is 2.87. The molecule has 5 heteroatoms. The van der Waals surface area contributed by atoms with Gasteiger partial charge in [0.15, 0.2) is 0 Å². The molecule has 0 amide bonds. The average molecular weight is 291 g/mol. The molecule has 3 unspecified atom stereocenters. The Morgan fingerprint density at radius 2 is 2.11 bits per heavy atom. The molecule has 1 N–H and O–H groups in total. The number of thiophene rings is 1. The van der Waals surface area contributed by atoms with E-state index in [-0.39, 0.29) is 12.5 Å². The molecule has 2 rings (SSSR count). The van der Waals surface area contributed by atoms with Gasteiger partial charge in [-0.3, -0.25) is 0 Å². The smallest absolute Gasteiger partial charge is 0.306 e. The summed E-state index contributed by atoms with van der Waals surface area (Å²) in [5.41, 5.74) is 0. The maximum atomic E-state index is 13.1. The topological polar surface area (TPSA) is 12.0 Å². The quantitative estimate of drug-likeness (QED) is 0.831. The Labute approximate surface area is 116 Å². The van der Waals surface area contributed by atoms with Gasteiger partial charge in [-0.15, -0.1) is 11.3 Å². The molecule has 1 nitrogen and oxygen atoms in total. The normalized spacial score (nSPS) is 26.3. The summed E-state index contributed by atoms with van der Waals surface area (Å²) >= 11 is 1.61. The second-order valence-electron chi connectivity index (χ2n) is 5.18. The third-order valence-electron chi connectivity index (χ3n) is 3.90. The van der Waals surface area contributed by atoms with Crippen molar-refractivity contribution < 1.29 is 13.2 Å². The zero-order valence-corrected chi connectivity index (χ0v) is 11.9. The van der Waals surface area contributed by atoms with Gasteiger partial charge in [-0.05, 0) is 30.7 Å². The van der Waals surface area contributed by atoms with E-state index in [4.69, 9.17) is 0 Å². The minimum atomic E-state index is -4.08. The summed E-state index contributed by atoms with van der Waals surface area (Å²) in [5, 5.41) is 5.23. The predicted octanol–water partition coefficient (Wildman–Crippen LogP) is 4.91. The van der Waals surface area contributed by atoms with E-state index < -0.39 is 18.1 Å². The Kier molecular flexibility index (Phi) is 4.90. The molecule has 0 saturated heterocycles. The first kappa shape index (κ1) is 14.9. The lowest BCUT2D eigenvalue weighted by molar-refractivity contribution is -0.189. The molecule has 19 heavy (non-hydrogen) atoms. The average Bonchev–Trinajstić information content (AvgIpc) is 2.89. The van der Waals surface area contributed by atoms with Crippen LogP contribution < -0.4 is 5.32 Å². The summed E-state index contributed by atoms with van der Waals surface area (Å²) in [6.45, 7) is 2.02. The highest BCUT2D eigenvalue weighted by Crippen LogP contribution is 2.39. The molecule has 0 spiro atoms. The van der Waals surface area contributed by atoms with Gasteiger partial charge in [0.25, 0.3) is 0 Å². The van der Waals surface area contributed by atoms with Gasteiger partial charge in [-0.1, -0.05) is 25.8 Å². The summed E-state index contributed by atoms with van der Waals surface area (Å²) in [4.78, 5) is 1.13. The van der Waals surface area contributed by atoms with Crippen molar-refractivity contribution in [2.24, 2.45) is 5.92 Å². The number of alkyl halides is 3. The first-order valence-electron chi connectivity index (χ1n) is 6.88. The second kappa shape index (κ2) is 6.27. The largest absolute Gasteiger partial charge is 0.393 e. The van der Waals surface area contributed by atoms with Gasteiger partial charge in [0, 0.05) is 17.0 Å². The lowest BCUT2D eigenvalue weighted by atomic mass is 9.83. The van der Waals surface area contributed by atoms with Gasteiger partial charge in [0.05, 0.1) is 5.92 Å². The number of halogens is 3. The third-order valence-corrected chi connectivity index (χ3v) is 4.88. The molecular formula is C14H20F3NS. The van der Waals surface area contributed by atoms with Crippen LogP contribution in [0.3, 0.4) is 0 Å². The predicted molar refractivity (Wildman–Crippen MR) is 72.3 cm³/mol. The molecule has 0 bridgehead atoms. The van der Waals surface area contributed by atoms with E-state index in [0.29, 0.717) is 12.8 Å². The van der Waals surface area contributed by atoms with Crippen molar-refractivity contribution in [2.75, 3.05) is 0 Å². The molecule has 1 heterocycles. The highest BCUT2D eigenvalue weighted by Gasteiger charge is 2.45. The van der Waals surface area contributed by atoms with Crippen molar-refractivity contribution >= 4 is 11.3 Å².